The first kappa shape index (κ1) is 13.6. The molecule has 102 valence electrons. The van der Waals surface area contributed by atoms with Gasteiger partial charge in [0.05, 0.1) is 18.9 Å². The highest BCUT2D eigenvalue weighted by Crippen LogP contribution is 2.24. The maximum atomic E-state index is 5.59. The van der Waals surface area contributed by atoms with E-state index in [0.29, 0.717) is 12.1 Å². The Kier molecular flexibility index (Phi) is 5.23. The molecule has 2 rings (SSSR count). The molecule has 1 saturated heterocycles. The Balaban J connectivity index is 1.92. The zero-order chi connectivity index (χ0) is 12.8. The second-order valence-electron chi connectivity index (χ2n) is 5.04. The fourth-order valence-electron chi connectivity index (χ4n) is 2.57. The molecule has 1 aromatic rings. The van der Waals surface area contributed by atoms with Crippen LogP contribution < -0.4 is 5.32 Å². The molecule has 2 atom stereocenters. The number of methoxy groups -OCH3 is 1. The van der Waals surface area contributed by atoms with Crippen LogP contribution in [-0.2, 0) is 4.74 Å². The highest BCUT2D eigenvalue weighted by molar-refractivity contribution is 5.06. The lowest BCUT2D eigenvalue weighted by Crippen LogP contribution is -2.39. The largest absolute Gasteiger partial charge is 0.468 e. The smallest absolute Gasteiger partial charge is 0.122 e. The molecule has 1 aromatic heterocycles. The van der Waals surface area contributed by atoms with Crippen molar-refractivity contribution in [3.05, 3.63) is 24.2 Å². The first-order valence-corrected chi connectivity index (χ1v) is 6.81. The van der Waals surface area contributed by atoms with Gasteiger partial charge in [-0.2, -0.15) is 0 Å². The van der Waals surface area contributed by atoms with Gasteiger partial charge in [-0.1, -0.05) is 0 Å². The number of hydrogen-bond acceptors (Lipinski definition) is 4. The van der Waals surface area contributed by atoms with E-state index in [9.17, 15) is 0 Å². The van der Waals surface area contributed by atoms with Gasteiger partial charge in [0.1, 0.15) is 5.76 Å². The Labute approximate surface area is 109 Å². The van der Waals surface area contributed by atoms with E-state index < -0.39 is 0 Å². The molecule has 0 aliphatic carbocycles. The minimum atomic E-state index is 0.349. The minimum Gasteiger partial charge on any atom is -0.468 e. The maximum Gasteiger partial charge on any atom is 0.122 e. The van der Waals surface area contributed by atoms with Gasteiger partial charge in [0.15, 0.2) is 0 Å². The van der Waals surface area contributed by atoms with Crippen molar-refractivity contribution in [3.8, 4) is 0 Å². The number of ether oxygens (including phenoxy) is 1. The summed E-state index contributed by atoms with van der Waals surface area (Å²) in [6.07, 6.45) is 4.35. The van der Waals surface area contributed by atoms with Gasteiger partial charge in [-0.25, -0.2) is 0 Å². The van der Waals surface area contributed by atoms with Crippen LogP contribution in [0.2, 0.25) is 0 Å². The highest BCUT2D eigenvalue weighted by atomic mass is 16.5. The van der Waals surface area contributed by atoms with E-state index in [1.54, 1.807) is 13.4 Å². The summed E-state index contributed by atoms with van der Waals surface area (Å²) < 4.78 is 10.7. The lowest BCUT2D eigenvalue weighted by atomic mass is 10.2. The SMILES string of the molecule is COCC(C)NCC(c1ccco1)N1CCCC1. The van der Waals surface area contributed by atoms with Crippen LogP contribution in [0.3, 0.4) is 0 Å². The number of furan rings is 1. The van der Waals surface area contributed by atoms with Crippen molar-refractivity contribution in [2.24, 2.45) is 0 Å². The fourth-order valence-corrected chi connectivity index (χ4v) is 2.57. The lowest BCUT2D eigenvalue weighted by molar-refractivity contribution is 0.157. The van der Waals surface area contributed by atoms with Crippen LogP contribution in [0.1, 0.15) is 31.6 Å². The molecule has 2 unspecified atom stereocenters. The van der Waals surface area contributed by atoms with Crippen LogP contribution in [-0.4, -0.2) is 44.3 Å². The van der Waals surface area contributed by atoms with Crippen molar-refractivity contribution in [3.63, 3.8) is 0 Å². The molecular formula is C14H24N2O2. The molecule has 1 aliphatic heterocycles. The summed E-state index contributed by atoms with van der Waals surface area (Å²) >= 11 is 0. The molecule has 4 nitrogen and oxygen atoms in total. The molecule has 0 bridgehead atoms. The summed E-state index contributed by atoms with van der Waals surface area (Å²) in [5, 5.41) is 3.52. The third kappa shape index (κ3) is 3.57. The topological polar surface area (TPSA) is 37.6 Å². The van der Waals surface area contributed by atoms with E-state index in [2.05, 4.69) is 23.2 Å². The number of nitrogens with one attached hydrogen (secondary N) is 1. The Morgan fingerprint density at radius 2 is 2.22 bits per heavy atom. The molecule has 0 amide bonds. The molecule has 4 heteroatoms. The second-order valence-corrected chi connectivity index (χ2v) is 5.04. The van der Waals surface area contributed by atoms with Crippen molar-refractivity contribution in [2.75, 3.05) is 33.4 Å². The van der Waals surface area contributed by atoms with Gasteiger partial charge < -0.3 is 14.5 Å². The summed E-state index contributed by atoms with van der Waals surface area (Å²) in [7, 11) is 1.74. The average molecular weight is 252 g/mol. The van der Waals surface area contributed by atoms with Gasteiger partial charge in [0, 0.05) is 19.7 Å². The normalized spacial score (nSPS) is 20.1. The van der Waals surface area contributed by atoms with E-state index in [1.807, 2.05) is 6.07 Å². The Morgan fingerprint density at radius 1 is 1.44 bits per heavy atom. The summed E-state index contributed by atoms with van der Waals surface area (Å²) in [6.45, 7) is 6.15. The van der Waals surface area contributed by atoms with Crippen molar-refractivity contribution >= 4 is 0 Å². The van der Waals surface area contributed by atoms with Gasteiger partial charge >= 0.3 is 0 Å². The van der Waals surface area contributed by atoms with Crippen LogP contribution in [0, 0.1) is 0 Å². The first-order valence-electron chi connectivity index (χ1n) is 6.81. The average Bonchev–Trinajstić information content (AvgIpc) is 3.02. The Hall–Kier alpha value is -0.840. The zero-order valence-electron chi connectivity index (χ0n) is 11.4. The highest BCUT2D eigenvalue weighted by Gasteiger charge is 2.25. The molecule has 1 fully saturated rings. The molecule has 0 saturated carbocycles. The quantitative estimate of drug-likeness (QED) is 0.806. The molecule has 0 radical (unpaired) electrons. The lowest BCUT2D eigenvalue weighted by Gasteiger charge is -2.27. The van der Waals surface area contributed by atoms with Gasteiger partial charge in [0.2, 0.25) is 0 Å². The summed E-state index contributed by atoms with van der Waals surface area (Å²) in [5.74, 6) is 1.06. The molecule has 1 N–H and O–H groups in total. The third-order valence-corrected chi connectivity index (χ3v) is 3.53. The van der Waals surface area contributed by atoms with Crippen LogP contribution in [0.25, 0.3) is 0 Å². The second kappa shape index (κ2) is 6.92. The van der Waals surface area contributed by atoms with Crippen LogP contribution in [0.15, 0.2) is 22.8 Å². The first-order chi connectivity index (χ1) is 8.81. The van der Waals surface area contributed by atoms with Crippen LogP contribution in [0.4, 0.5) is 0 Å². The molecule has 2 heterocycles. The molecular weight excluding hydrogens is 228 g/mol. The van der Waals surface area contributed by atoms with Crippen LogP contribution >= 0.6 is 0 Å². The molecule has 1 aliphatic rings. The van der Waals surface area contributed by atoms with Crippen LogP contribution in [0.5, 0.6) is 0 Å². The van der Waals surface area contributed by atoms with Crippen molar-refractivity contribution in [2.45, 2.75) is 31.8 Å². The van der Waals surface area contributed by atoms with E-state index in [1.165, 1.54) is 25.9 Å². The number of hydrogen-bond donors (Lipinski definition) is 1. The predicted molar refractivity (Wildman–Crippen MR) is 71.6 cm³/mol. The number of rotatable bonds is 7. The van der Waals surface area contributed by atoms with E-state index in [4.69, 9.17) is 9.15 Å². The predicted octanol–water partition coefficient (Wildman–Crippen LogP) is 2.04. The van der Waals surface area contributed by atoms with E-state index in [-0.39, 0.29) is 0 Å². The molecule has 0 aromatic carbocycles. The number of likely N-dealkylation sites (tertiary alicyclic amines) is 1. The summed E-state index contributed by atoms with van der Waals surface area (Å²) in [4.78, 5) is 2.51. The maximum absolute atomic E-state index is 5.59. The summed E-state index contributed by atoms with van der Waals surface area (Å²) in [6, 6.07) is 4.76. The standard InChI is InChI=1S/C14H24N2O2/c1-12(11-17-2)15-10-13(14-6-5-9-18-14)16-7-3-4-8-16/h5-6,9,12-13,15H,3-4,7-8,10-11H2,1-2H3. The van der Waals surface area contributed by atoms with Gasteiger partial charge in [-0.15, -0.1) is 0 Å². The van der Waals surface area contributed by atoms with Crippen molar-refractivity contribution < 1.29 is 9.15 Å². The van der Waals surface area contributed by atoms with Crippen molar-refractivity contribution in [1.29, 1.82) is 0 Å². The molecule has 0 spiro atoms. The fraction of sp³-hybridized carbons (Fsp3) is 0.714. The Morgan fingerprint density at radius 3 is 2.83 bits per heavy atom. The van der Waals surface area contributed by atoms with E-state index in [0.717, 1.165) is 18.9 Å². The third-order valence-electron chi connectivity index (χ3n) is 3.53. The number of nitrogens with zero attached hydrogens (tertiary/aromatic N) is 1. The zero-order valence-corrected chi connectivity index (χ0v) is 11.4. The van der Waals surface area contributed by atoms with Crippen molar-refractivity contribution in [1.82, 2.24) is 10.2 Å². The van der Waals surface area contributed by atoms with E-state index >= 15 is 0 Å². The van der Waals surface area contributed by atoms with Gasteiger partial charge in [-0.05, 0) is 45.0 Å². The monoisotopic (exact) mass is 252 g/mol. The van der Waals surface area contributed by atoms with Gasteiger partial charge in [0.25, 0.3) is 0 Å². The molecule has 18 heavy (non-hydrogen) atoms. The Bertz CT molecular complexity index is 321. The van der Waals surface area contributed by atoms with Gasteiger partial charge in [-0.3, -0.25) is 4.90 Å². The minimum absolute atomic E-state index is 0.349. The summed E-state index contributed by atoms with van der Waals surface area (Å²) in [5.41, 5.74) is 0.